The largest absolute Gasteiger partial charge is 0.396 e. The van der Waals surface area contributed by atoms with E-state index in [9.17, 15) is 4.79 Å². The summed E-state index contributed by atoms with van der Waals surface area (Å²) < 4.78 is 0. The number of aliphatic hydroxyl groups is 1. The molecule has 0 spiro atoms. The van der Waals surface area contributed by atoms with E-state index < -0.39 is 0 Å². The van der Waals surface area contributed by atoms with Gasteiger partial charge in [-0.2, -0.15) is 0 Å². The summed E-state index contributed by atoms with van der Waals surface area (Å²) in [5, 5.41) is 16.9. The fraction of sp³-hybridized carbons (Fsp3) is 0.667. The average Bonchev–Trinajstić information content (AvgIpc) is 2.92. The maximum Gasteiger partial charge on any atom is 0.315 e. The van der Waals surface area contributed by atoms with Crippen LogP contribution >= 0.6 is 11.3 Å². The second-order valence-corrected chi connectivity index (χ2v) is 6.08. The van der Waals surface area contributed by atoms with Crippen LogP contribution < -0.4 is 10.6 Å². The third-order valence-electron chi connectivity index (χ3n) is 3.60. The van der Waals surface area contributed by atoms with Crippen LogP contribution in [-0.4, -0.2) is 23.8 Å². The number of carbonyl (C=O) groups is 1. The van der Waals surface area contributed by atoms with Gasteiger partial charge in [0.15, 0.2) is 0 Å². The van der Waals surface area contributed by atoms with Crippen molar-refractivity contribution in [3.63, 3.8) is 0 Å². The number of nitrogens with one attached hydrogen (secondary N) is 2. The molecule has 20 heavy (non-hydrogen) atoms. The summed E-state index contributed by atoms with van der Waals surface area (Å²) >= 11 is 1.68. The maximum atomic E-state index is 12.1. The summed E-state index contributed by atoms with van der Waals surface area (Å²) in [5.41, 5.74) is 0. The smallest absolute Gasteiger partial charge is 0.315 e. The van der Waals surface area contributed by atoms with E-state index in [1.54, 1.807) is 11.3 Å². The third-order valence-corrected chi connectivity index (χ3v) is 4.55. The molecule has 1 aromatic rings. The van der Waals surface area contributed by atoms with Crippen molar-refractivity contribution in [2.75, 3.05) is 6.61 Å². The second kappa shape index (κ2) is 8.97. The first kappa shape index (κ1) is 17.0. The number of amides is 2. The zero-order valence-electron chi connectivity index (χ0n) is 12.6. The predicted octanol–water partition coefficient (Wildman–Crippen LogP) is 3.30. The average molecular weight is 298 g/mol. The maximum absolute atomic E-state index is 12.1. The number of hydrogen-bond acceptors (Lipinski definition) is 3. The highest BCUT2D eigenvalue weighted by Crippen LogP contribution is 2.30. The van der Waals surface area contributed by atoms with E-state index in [2.05, 4.69) is 30.5 Å². The van der Waals surface area contributed by atoms with Gasteiger partial charge in [-0.1, -0.05) is 32.8 Å². The van der Waals surface area contributed by atoms with Gasteiger partial charge in [0.1, 0.15) is 0 Å². The molecule has 4 nitrogen and oxygen atoms in total. The molecule has 0 saturated carbocycles. The number of rotatable bonds is 8. The van der Waals surface area contributed by atoms with E-state index >= 15 is 0 Å². The van der Waals surface area contributed by atoms with Crippen LogP contribution in [0.1, 0.15) is 51.0 Å². The molecule has 2 amide bonds. The van der Waals surface area contributed by atoms with Gasteiger partial charge >= 0.3 is 6.03 Å². The molecule has 5 heteroatoms. The Hall–Kier alpha value is -1.07. The van der Waals surface area contributed by atoms with Gasteiger partial charge in [-0.25, -0.2) is 4.79 Å². The minimum Gasteiger partial charge on any atom is -0.396 e. The van der Waals surface area contributed by atoms with E-state index in [-0.39, 0.29) is 24.7 Å². The quantitative estimate of drug-likeness (QED) is 0.689. The first-order valence-corrected chi connectivity index (χ1v) is 8.21. The Labute approximate surface area is 125 Å². The van der Waals surface area contributed by atoms with Crippen molar-refractivity contribution in [3.05, 3.63) is 22.4 Å². The number of aliphatic hydroxyl groups excluding tert-OH is 1. The van der Waals surface area contributed by atoms with Gasteiger partial charge in [0.25, 0.3) is 0 Å². The van der Waals surface area contributed by atoms with Crippen LogP contribution in [0.5, 0.6) is 0 Å². The number of urea groups is 1. The fourth-order valence-electron chi connectivity index (χ4n) is 2.32. The van der Waals surface area contributed by atoms with Gasteiger partial charge in [-0.15, -0.1) is 11.3 Å². The standard InChI is InChI=1S/C15H26N2O2S/c1-4-12(5-2)14(13-7-6-10-20-13)17-15(19)16-11(3)8-9-18/h6-7,10-12,14,18H,4-5,8-9H2,1-3H3,(H2,16,17,19)/t11-,14?/m1/s1. The van der Waals surface area contributed by atoms with Gasteiger partial charge in [-0.3, -0.25) is 0 Å². The van der Waals surface area contributed by atoms with E-state index in [1.165, 1.54) is 4.88 Å². The number of carbonyl (C=O) groups excluding carboxylic acids is 1. The molecule has 0 aromatic carbocycles. The van der Waals surface area contributed by atoms with E-state index in [4.69, 9.17) is 5.11 Å². The lowest BCUT2D eigenvalue weighted by Crippen LogP contribution is -2.44. The van der Waals surface area contributed by atoms with Gasteiger partial charge in [0.2, 0.25) is 0 Å². The van der Waals surface area contributed by atoms with Crippen LogP contribution in [0.15, 0.2) is 17.5 Å². The second-order valence-electron chi connectivity index (χ2n) is 5.10. The molecule has 0 aliphatic carbocycles. The summed E-state index contributed by atoms with van der Waals surface area (Å²) in [7, 11) is 0. The van der Waals surface area contributed by atoms with Crippen molar-refractivity contribution in [2.24, 2.45) is 5.92 Å². The van der Waals surface area contributed by atoms with Gasteiger partial charge in [-0.05, 0) is 30.7 Å². The zero-order chi connectivity index (χ0) is 15.0. The van der Waals surface area contributed by atoms with E-state index in [0.717, 1.165) is 12.8 Å². The van der Waals surface area contributed by atoms with Gasteiger partial charge in [0.05, 0.1) is 6.04 Å². The number of hydrogen-bond donors (Lipinski definition) is 3. The Balaban J connectivity index is 2.68. The van der Waals surface area contributed by atoms with Crippen molar-refractivity contribution in [1.29, 1.82) is 0 Å². The molecule has 1 unspecified atom stereocenters. The molecule has 0 saturated heterocycles. The molecule has 0 aliphatic heterocycles. The van der Waals surface area contributed by atoms with Crippen LogP contribution in [0.25, 0.3) is 0 Å². The Bertz CT molecular complexity index is 377. The molecule has 1 aromatic heterocycles. The van der Waals surface area contributed by atoms with Crippen molar-refractivity contribution in [3.8, 4) is 0 Å². The topological polar surface area (TPSA) is 61.4 Å². The Morgan fingerprint density at radius 1 is 1.35 bits per heavy atom. The molecule has 3 N–H and O–H groups in total. The van der Waals surface area contributed by atoms with Crippen LogP contribution in [-0.2, 0) is 0 Å². The SMILES string of the molecule is CCC(CC)C(NC(=O)N[C@H](C)CCO)c1cccs1. The highest BCUT2D eigenvalue weighted by molar-refractivity contribution is 7.10. The van der Waals surface area contributed by atoms with Crippen LogP contribution in [0.4, 0.5) is 4.79 Å². The Kier molecular flexibility index (Phi) is 7.62. The molecule has 0 radical (unpaired) electrons. The monoisotopic (exact) mass is 298 g/mol. The number of thiophene rings is 1. The summed E-state index contributed by atoms with van der Waals surface area (Å²) in [4.78, 5) is 13.3. The molecular formula is C15H26N2O2S. The van der Waals surface area contributed by atoms with Crippen molar-refractivity contribution >= 4 is 17.4 Å². The summed E-state index contributed by atoms with van der Waals surface area (Å²) in [5.74, 6) is 0.438. The van der Waals surface area contributed by atoms with Crippen molar-refractivity contribution in [2.45, 2.75) is 52.1 Å². The van der Waals surface area contributed by atoms with Crippen molar-refractivity contribution in [1.82, 2.24) is 10.6 Å². The Morgan fingerprint density at radius 2 is 2.05 bits per heavy atom. The minimum absolute atomic E-state index is 0.0225. The normalized spacial score (nSPS) is 14.1. The summed E-state index contributed by atoms with van der Waals surface area (Å²) in [6, 6.07) is 3.97. The lowest BCUT2D eigenvalue weighted by molar-refractivity contribution is 0.221. The predicted molar refractivity (Wildman–Crippen MR) is 84.0 cm³/mol. The van der Waals surface area contributed by atoms with Gasteiger partial charge < -0.3 is 15.7 Å². The van der Waals surface area contributed by atoms with Crippen LogP contribution in [0, 0.1) is 5.92 Å². The van der Waals surface area contributed by atoms with Crippen LogP contribution in [0.2, 0.25) is 0 Å². The molecule has 1 rings (SSSR count). The van der Waals surface area contributed by atoms with Crippen LogP contribution in [0.3, 0.4) is 0 Å². The Morgan fingerprint density at radius 3 is 2.55 bits per heavy atom. The summed E-state index contributed by atoms with van der Waals surface area (Å²) in [6.45, 7) is 6.29. The zero-order valence-corrected chi connectivity index (χ0v) is 13.4. The molecular weight excluding hydrogens is 272 g/mol. The molecule has 0 fully saturated rings. The molecule has 114 valence electrons. The van der Waals surface area contributed by atoms with E-state index in [0.29, 0.717) is 12.3 Å². The van der Waals surface area contributed by atoms with Crippen molar-refractivity contribution < 1.29 is 9.90 Å². The summed E-state index contributed by atoms with van der Waals surface area (Å²) in [6.07, 6.45) is 2.64. The first-order chi connectivity index (χ1) is 9.62. The molecule has 1 heterocycles. The lowest BCUT2D eigenvalue weighted by Gasteiger charge is -2.26. The first-order valence-electron chi connectivity index (χ1n) is 7.33. The lowest BCUT2D eigenvalue weighted by atomic mass is 9.93. The molecule has 0 bridgehead atoms. The molecule has 2 atom stereocenters. The highest BCUT2D eigenvalue weighted by Gasteiger charge is 2.23. The minimum atomic E-state index is -0.156. The highest BCUT2D eigenvalue weighted by atomic mass is 32.1. The van der Waals surface area contributed by atoms with E-state index in [1.807, 2.05) is 18.4 Å². The van der Waals surface area contributed by atoms with Gasteiger partial charge in [0, 0.05) is 17.5 Å². The fourth-order valence-corrected chi connectivity index (χ4v) is 3.19. The molecule has 0 aliphatic rings. The third kappa shape index (κ3) is 5.13.